The van der Waals surface area contributed by atoms with Crippen molar-refractivity contribution in [3.05, 3.63) is 99.6 Å². The molecule has 10 rings (SSSR count). The van der Waals surface area contributed by atoms with E-state index in [-0.39, 0.29) is 84.9 Å². The van der Waals surface area contributed by atoms with Crippen molar-refractivity contribution >= 4 is 23.4 Å². The van der Waals surface area contributed by atoms with E-state index in [0.29, 0.717) is 60.0 Å². The van der Waals surface area contributed by atoms with Crippen LogP contribution in [0.4, 0.5) is 5.69 Å². The predicted octanol–water partition coefficient (Wildman–Crippen LogP) is 7.61. The van der Waals surface area contributed by atoms with Gasteiger partial charge in [-0.05, 0) is 128 Å². The van der Waals surface area contributed by atoms with Gasteiger partial charge in [-0.25, -0.2) is 4.79 Å². The lowest BCUT2D eigenvalue weighted by Gasteiger charge is -2.59. The van der Waals surface area contributed by atoms with Crippen molar-refractivity contribution in [2.75, 3.05) is 11.9 Å². The lowest BCUT2D eigenvalue weighted by molar-refractivity contribution is -0.228. The maximum absolute atomic E-state index is 15.7. The number of anilines is 1. The first-order chi connectivity index (χ1) is 32.3. The first-order valence-corrected chi connectivity index (χ1v) is 25.0. The van der Waals surface area contributed by atoms with Gasteiger partial charge in [0.2, 0.25) is 0 Å². The fraction of sp³-hybridized carbons (Fsp3) is 0.554. The van der Waals surface area contributed by atoms with Crippen LogP contribution in [-0.2, 0) is 44.0 Å². The second kappa shape index (κ2) is 18.5. The van der Waals surface area contributed by atoms with E-state index in [9.17, 15) is 35.1 Å². The highest BCUT2D eigenvalue weighted by Crippen LogP contribution is 2.59. The highest BCUT2D eigenvalue weighted by Gasteiger charge is 2.62. The van der Waals surface area contributed by atoms with Crippen LogP contribution in [0.5, 0.6) is 11.5 Å². The molecule has 4 saturated carbocycles. The molecule has 7 aliphatic rings. The average Bonchev–Trinajstić information content (AvgIpc) is 3.33. The van der Waals surface area contributed by atoms with Crippen LogP contribution in [0.25, 0.3) is 0 Å². The number of ether oxygens (including phenoxy) is 2. The molecular formula is C56H65NO10. The fourth-order valence-electron chi connectivity index (χ4n) is 13.8. The summed E-state index contributed by atoms with van der Waals surface area (Å²) in [5.41, 5.74) is 2.78. The largest absolute Gasteiger partial charge is 0.508 e. The lowest BCUT2D eigenvalue weighted by Crippen LogP contribution is -2.65. The van der Waals surface area contributed by atoms with Crippen LogP contribution < -0.4 is 10.1 Å². The van der Waals surface area contributed by atoms with E-state index in [1.165, 1.54) is 6.07 Å². The minimum atomic E-state index is -1.58. The Bertz CT molecular complexity index is 2510. The Hall–Kier alpha value is -4.99. The van der Waals surface area contributed by atoms with Crippen LogP contribution in [0, 0.1) is 41.4 Å². The first-order valence-electron chi connectivity index (χ1n) is 25.0. The molecule has 67 heavy (non-hydrogen) atoms. The normalized spacial score (nSPS) is 32.8. The molecule has 11 heteroatoms. The SMILES string of the molecule is CC(O)CNc1cc(CO)cc(C2C#CC3CC(=O)Oc4cc(O)c(cc43)CC3OC(=O)C(=CC(O)C4(CCCCC4)c4cccc(c4)CC4C(=O)CCC5C4CC4CCCCC4C35O)C2)c1. The van der Waals surface area contributed by atoms with Gasteiger partial charge in [-0.15, -0.1) is 0 Å². The number of phenols is 1. The van der Waals surface area contributed by atoms with E-state index in [1.807, 2.05) is 18.2 Å². The van der Waals surface area contributed by atoms with Crippen molar-refractivity contribution in [1.82, 2.24) is 0 Å². The van der Waals surface area contributed by atoms with Crippen molar-refractivity contribution in [3.8, 4) is 23.3 Å². The number of nitrogens with one attached hydrogen (secondary N) is 1. The van der Waals surface area contributed by atoms with Crippen LogP contribution in [0.3, 0.4) is 0 Å². The number of aliphatic hydroxyl groups excluding tert-OH is 3. The molecule has 1 spiro atoms. The summed E-state index contributed by atoms with van der Waals surface area (Å²) in [5, 5.41) is 62.7. The van der Waals surface area contributed by atoms with Gasteiger partial charge >= 0.3 is 11.9 Å². The Morgan fingerprint density at radius 1 is 0.881 bits per heavy atom. The standard InChI is InChI=1S/C56H65NO10/c1-32(59)30-57-42-20-34(31-58)18-38(23-42)35-12-13-36-28-53(63)66-50-29-49(61)39(25-43(36)50)27-52-56(65)46-11-4-3-9-37(46)24-44-45(48(60)15-14-47(44)56)21-33-8-7-10-41(19-33)55(16-5-2-6-17-55)51(62)26-40(22-35)54(64)67-52/h7-8,10,18-20,23,25-26,29,32,35-37,44-47,51-52,57-59,61-62,65H,2-6,9,11,14-17,21-22,24,27-28,30-31H2,1H3. The molecule has 3 aromatic rings. The Labute approximate surface area is 393 Å². The minimum Gasteiger partial charge on any atom is -0.508 e. The maximum Gasteiger partial charge on any atom is 0.334 e. The summed E-state index contributed by atoms with van der Waals surface area (Å²) in [5.74, 6) is 3.48. The van der Waals surface area contributed by atoms with Crippen LogP contribution in [0.2, 0.25) is 0 Å². The van der Waals surface area contributed by atoms with E-state index in [0.717, 1.165) is 62.5 Å². The third-order valence-corrected chi connectivity index (χ3v) is 17.1. The molecule has 4 aliphatic carbocycles. The molecule has 6 N–H and O–H groups in total. The summed E-state index contributed by atoms with van der Waals surface area (Å²) in [6, 6.07) is 17.1. The number of carbonyl (C=O) groups excluding carboxylic acids is 3. The quantitative estimate of drug-likeness (QED) is 0.0842. The van der Waals surface area contributed by atoms with Crippen LogP contribution >= 0.6 is 0 Å². The van der Waals surface area contributed by atoms with Crippen molar-refractivity contribution in [2.24, 2.45) is 29.6 Å². The van der Waals surface area contributed by atoms with Gasteiger partial charge in [0.15, 0.2) is 0 Å². The number of hydrogen-bond acceptors (Lipinski definition) is 11. The summed E-state index contributed by atoms with van der Waals surface area (Å²) in [6.07, 6.45) is 8.39. The summed E-state index contributed by atoms with van der Waals surface area (Å²) in [6.45, 7) is 1.64. The molecule has 0 aromatic heterocycles. The van der Waals surface area contributed by atoms with E-state index in [2.05, 4.69) is 35.4 Å². The van der Waals surface area contributed by atoms with Gasteiger partial charge in [-0.1, -0.05) is 80.7 Å². The van der Waals surface area contributed by atoms with Crippen LogP contribution in [0.1, 0.15) is 142 Å². The predicted molar refractivity (Wildman–Crippen MR) is 251 cm³/mol. The third kappa shape index (κ3) is 8.62. The van der Waals surface area contributed by atoms with Gasteiger partial charge in [0.1, 0.15) is 29.0 Å². The number of ketones is 1. The second-order valence-electron chi connectivity index (χ2n) is 21.2. The smallest absolute Gasteiger partial charge is 0.334 e. The zero-order valence-corrected chi connectivity index (χ0v) is 38.6. The van der Waals surface area contributed by atoms with E-state index in [4.69, 9.17) is 9.47 Å². The van der Waals surface area contributed by atoms with Crippen LogP contribution in [0.15, 0.2) is 66.2 Å². The summed E-state index contributed by atoms with van der Waals surface area (Å²) in [4.78, 5) is 43.2. The molecule has 11 unspecified atom stereocenters. The Morgan fingerprint density at radius 3 is 2.49 bits per heavy atom. The molecule has 3 aromatic carbocycles. The van der Waals surface area contributed by atoms with Gasteiger partial charge in [-0.2, -0.15) is 0 Å². The van der Waals surface area contributed by atoms with Gasteiger partial charge in [0, 0.05) is 59.5 Å². The molecule has 0 saturated heterocycles. The number of hydrogen-bond donors (Lipinski definition) is 6. The Balaban J connectivity index is 1.22. The van der Waals surface area contributed by atoms with Gasteiger partial charge in [0.05, 0.1) is 31.2 Å². The van der Waals surface area contributed by atoms with Gasteiger partial charge < -0.3 is 40.3 Å². The molecule has 354 valence electrons. The summed E-state index contributed by atoms with van der Waals surface area (Å²) >= 11 is 0. The number of aromatic hydroxyl groups is 1. The third-order valence-electron chi connectivity index (χ3n) is 17.1. The fourth-order valence-corrected chi connectivity index (χ4v) is 13.8. The monoisotopic (exact) mass is 911 g/mol. The highest BCUT2D eigenvalue weighted by molar-refractivity contribution is 5.89. The lowest BCUT2D eigenvalue weighted by atomic mass is 9.48. The highest BCUT2D eigenvalue weighted by atomic mass is 16.6. The zero-order valence-electron chi connectivity index (χ0n) is 38.6. The number of benzene rings is 3. The number of aliphatic hydroxyl groups is 4. The average molecular weight is 912 g/mol. The topological polar surface area (TPSA) is 183 Å². The first kappa shape index (κ1) is 45.8. The number of esters is 2. The van der Waals surface area contributed by atoms with Gasteiger partial charge in [-0.3, -0.25) is 9.59 Å². The molecule has 10 bridgehead atoms. The summed E-state index contributed by atoms with van der Waals surface area (Å²) in [7, 11) is 0. The zero-order chi connectivity index (χ0) is 46.6. The number of Topliss-reactive ketones (excluding diaryl/α,β-unsaturated/α-hetero) is 1. The Morgan fingerprint density at radius 2 is 1.69 bits per heavy atom. The molecular weight excluding hydrogens is 847 g/mol. The number of rotatable bonds is 5. The molecule has 4 fully saturated rings. The van der Waals surface area contributed by atoms with Gasteiger partial charge in [0.25, 0.3) is 0 Å². The number of carbonyl (C=O) groups is 3. The van der Waals surface area contributed by atoms with Crippen molar-refractivity contribution in [2.45, 2.75) is 157 Å². The molecule has 0 radical (unpaired) electrons. The molecule has 3 heterocycles. The van der Waals surface area contributed by atoms with E-state index >= 15 is 4.79 Å². The van der Waals surface area contributed by atoms with E-state index in [1.54, 1.807) is 25.1 Å². The molecule has 3 aliphatic heterocycles. The Kier molecular flexibility index (Phi) is 12.6. The molecule has 0 amide bonds. The van der Waals surface area contributed by atoms with Crippen molar-refractivity contribution < 1.29 is 49.4 Å². The van der Waals surface area contributed by atoms with Crippen molar-refractivity contribution in [3.63, 3.8) is 0 Å². The van der Waals surface area contributed by atoms with E-state index < -0.39 is 53.1 Å². The second-order valence-corrected chi connectivity index (χ2v) is 21.2. The number of fused-ring (bicyclic) bond motifs is 10. The van der Waals surface area contributed by atoms with Crippen molar-refractivity contribution in [1.29, 1.82) is 0 Å². The minimum absolute atomic E-state index is 0.0174. The van der Waals surface area contributed by atoms with Crippen LogP contribution in [-0.4, -0.2) is 73.7 Å². The summed E-state index contributed by atoms with van der Waals surface area (Å²) < 4.78 is 12.7. The maximum atomic E-state index is 15.7. The molecule has 11 nitrogen and oxygen atoms in total. The number of phenolic OH excluding ortho intramolecular Hbond substituents is 1. The molecule has 11 atom stereocenters.